The monoisotopic (exact) mass is 277 g/mol. The number of hydrazine groups is 1. The number of rotatable bonds is 3. The van der Waals surface area contributed by atoms with Crippen LogP contribution < -0.4 is 11.3 Å². The molecule has 0 aromatic carbocycles. The van der Waals surface area contributed by atoms with Gasteiger partial charge in [0.05, 0.1) is 0 Å². The average Bonchev–Trinajstić information content (AvgIpc) is 2.67. The van der Waals surface area contributed by atoms with Crippen LogP contribution in [-0.2, 0) is 0 Å². The van der Waals surface area contributed by atoms with E-state index >= 15 is 0 Å². The molecule has 0 aliphatic carbocycles. The van der Waals surface area contributed by atoms with Crippen molar-refractivity contribution in [1.82, 2.24) is 14.8 Å². The summed E-state index contributed by atoms with van der Waals surface area (Å²) in [5.41, 5.74) is 2.93. The molecule has 6 heteroatoms. The number of hydrogen-bond acceptors (Lipinski definition) is 5. The number of likely N-dealkylation sites (N-methyl/N-ethyl adjacent to an activating group) is 1. The van der Waals surface area contributed by atoms with Crippen molar-refractivity contribution in [3.63, 3.8) is 0 Å². The zero-order chi connectivity index (χ0) is 14.5. The van der Waals surface area contributed by atoms with Crippen molar-refractivity contribution in [3.05, 3.63) is 23.9 Å². The average molecular weight is 277 g/mol. The van der Waals surface area contributed by atoms with E-state index in [1.165, 1.54) is 0 Å². The van der Waals surface area contributed by atoms with Crippen LogP contribution in [0.15, 0.2) is 18.2 Å². The van der Waals surface area contributed by atoms with E-state index in [2.05, 4.69) is 29.3 Å². The molecule has 1 amide bonds. The Kier molecular flexibility index (Phi) is 4.92. The molecule has 110 valence electrons. The summed E-state index contributed by atoms with van der Waals surface area (Å²) >= 11 is 0. The number of nitrogens with two attached hydrogens (primary N) is 1. The molecule has 1 aromatic heterocycles. The van der Waals surface area contributed by atoms with Gasteiger partial charge in [-0.3, -0.25) is 4.79 Å². The maximum absolute atomic E-state index is 12.7. The molecule has 1 atom stereocenters. The van der Waals surface area contributed by atoms with Gasteiger partial charge >= 0.3 is 0 Å². The molecular formula is C14H23N5O. The third-order valence-corrected chi connectivity index (χ3v) is 3.75. The molecular weight excluding hydrogens is 254 g/mol. The van der Waals surface area contributed by atoms with E-state index in [1.54, 1.807) is 18.2 Å². The molecule has 1 saturated heterocycles. The maximum Gasteiger partial charge on any atom is 0.272 e. The SMILES string of the molecule is CCC1CN(C)CCCN1C(=O)c1cccc(NN)n1. The first-order valence-electron chi connectivity index (χ1n) is 7.09. The van der Waals surface area contributed by atoms with Gasteiger partial charge in [-0.1, -0.05) is 13.0 Å². The smallest absolute Gasteiger partial charge is 0.272 e. The minimum Gasteiger partial charge on any atom is -0.333 e. The molecule has 1 fully saturated rings. The molecule has 0 bridgehead atoms. The van der Waals surface area contributed by atoms with Crippen LogP contribution in [-0.4, -0.2) is 53.4 Å². The van der Waals surface area contributed by atoms with Gasteiger partial charge in [0.15, 0.2) is 0 Å². The summed E-state index contributed by atoms with van der Waals surface area (Å²) in [4.78, 5) is 21.2. The van der Waals surface area contributed by atoms with Crippen LogP contribution in [0.3, 0.4) is 0 Å². The van der Waals surface area contributed by atoms with E-state index in [0.29, 0.717) is 11.5 Å². The van der Waals surface area contributed by atoms with Crippen molar-refractivity contribution in [3.8, 4) is 0 Å². The molecule has 1 aliphatic rings. The highest BCUT2D eigenvalue weighted by Gasteiger charge is 2.27. The Labute approximate surface area is 119 Å². The van der Waals surface area contributed by atoms with Gasteiger partial charge in [-0.25, -0.2) is 10.8 Å². The summed E-state index contributed by atoms with van der Waals surface area (Å²) in [6, 6.07) is 5.51. The number of hydrogen-bond donors (Lipinski definition) is 2. The predicted octanol–water partition coefficient (Wildman–Crippen LogP) is 0.924. The summed E-state index contributed by atoms with van der Waals surface area (Å²) in [6.07, 6.45) is 1.94. The molecule has 2 heterocycles. The highest BCUT2D eigenvalue weighted by atomic mass is 16.2. The number of pyridine rings is 1. The molecule has 1 aromatic rings. The maximum atomic E-state index is 12.7. The topological polar surface area (TPSA) is 74.5 Å². The Morgan fingerprint density at radius 1 is 1.50 bits per heavy atom. The Balaban J connectivity index is 2.20. The Hall–Kier alpha value is -1.66. The highest BCUT2D eigenvalue weighted by molar-refractivity contribution is 5.93. The molecule has 0 radical (unpaired) electrons. The van der Waals surface area contributed by atoms with Crippen LogP contribution in [0.4, 0.5) is 5.82 Å². The highest BCUT2D eigenvalue weighted by Crippen LogP contribution is 2.16. The summed E-state index contributed by atoms with van der Waals surface area (Å²) in [6.45, 7) is 4.84. The largest absolute Gasteiger partial charge is 0.333 e. The van der Waals surface area contributed by atoms with Gasteiger partial charge < -0.3 is 15.2 Å². The lowest BCUT2D eigenvalue weighted by atomic mass is 10.1. The number of aromatic nitrogens is 1. The molecule has 1 unspecified atom stereocenters. The zero-order valence-corrected chi connectivity index (χ0v) is 12.2. The van der Waals surface area contributed by atoms with Crippen molar-refractivity contribution in [2.75, 3.05) is 32.1 Å². The first-order valence-corrected chi connectivity index (χ1v) is 7.09. The number of carbonyl (C=O) groups excluding carboxylic acids is 1. The normalized spacial score (nSPS) is 20.6. The van der Waals surface area contributed by atoms with Gasteiger partial charge in [0.25, 0.3) is 5.91 Å². The van der Waals surface area contributed by atoms with Crippen LogP contribution in [0.25, 0.3) is 0 Å². The van der Waals surface area contributed by atoms with E-state index in [9.17, 15) is 4.79 Å². The second kappa shape index (κ2) is 6.67. The zero-order valence-electron chi connectivity index (χ0n) is 12.2. The fraction of sp³-hybridized carbons (Fsp3) is 0.571. The Morgan fingerprint density at radius 2 is 2.30 bits per heavy atom. The van der Waals surface area contributed by atoms with Crippen molar-refractivity contribution < 1.29 is 4.79 Å². The third-order valence-electron chi connectivity index (χ3n) is 3.75. The number of nitrogen functional groups attached to an aromatic ring is 1. The standard InChI is InChI=1S/C14H23N5O/c1-3-11-10-18(2)8-5-9-19(11)14(20)12-6-4-7-13(16-12)17-15/h4,6-7,11H,3,5,8-10,15H2,1-2H3,(H,16,17). The van der Waals surface area contributed by atoms with E-state index in [4.69, 9.17) is 5.84 Å². The first-order chi connectivity index (χ1) is 9.65. The molecule has 1 aliphatic heterocycles. The molecule has 2 rings (SSSR count). The van der Waals surface area contributed by atoms with Gasteiger partial charge in [0, 0.05) is 19.1 Å². The molecule has 20 heavy (non-hydrogen) atoms. The van der Waals surface area contributed by atoms with Crippen molar-refractivity contribution >= 4 is 11.7 Å². The van der Waals surface area contributed by atoms with E-state index in [-0.39, 0.29) is 11.9 Å². The molecule has 3 N–H and O–H groups in total. The quantitative estimate of drug-likeness (QED) is 0.635. The van der Waals surface area contributed by atoms with E-state index < -0.39 is 0 Å². The van der Waals surface area contributed by atoms with Gasteiger partial charge in [0.1, 0.15) is 11.5 Å². The number of nitrogens with one attached hydrogen (secondary N) is 1. The number of nitrogens with zero attached hydrogens (tertiary/aromatic N) is 3. The molecule has 0 spiro atoms. The van der Waals surface area contributed by atoms with Crippen LogP contribution in [0.5, 0.6) is 0 Å². The van der Waals surface area contributed by atoms with Crippen LogP contribution in [0.1, 0.15) is 30.3 Å². The number of carbonyl (C=O) groups is 1. The van der Waals surface area contributed by atoms with E-state index in [0.717, 1.165) is 32.5 Å². The van der Waals surface area contributed by atoms with Gasteiger partial charge in [0.2, 0.25) is 0 Å². The lowest BCUT2D eigenvalue weighted by molar-refractivity contribution is 0.0670. The second-order valence-electron chi connectivity index (χ2n) is 5.23. The predicted molar refractivity (Wildman–Crippen MR) is 79.3 cm³/mol. The second-order valence-corrected chi connectivity index (χ2v) is 5.23. The summed E-state index contributed by atoms with van der Waals surface area (Å²) < 4.78 is 0. The lowest BCUT2D eigenvalue weighted by Gasteiger charge is -2.30. The summed E-state index contributed by atoms with van der Waals surface area (Å²) in [5, 5.41) is 0. The molecule has 6 nitrogen and oxygen atoms in total. The fourth-order valence-electron chi connectivity index (χ4n) is 2.64. The van der Waals surface area contributed by atoms with Crippen molar-refractivity contribution in [1.29, 1.82) is 0 Å². The Bertz CT molecular complexity index is 465. The number of amides is 1. The first kappa shape index (κ1) is 14.7. The van der Waals surface area contributed by atoms with Crippen LogP contribution >= 0.6 is 0 Å². The summed E-state index contributed by atoms with van der Waals surface area (Å²) in [5.74, 6) is 5.85. The third kappa shape index (κ3) is 3.26. The van der Waals surface area contributed by atoms with Crippen molar-refractivity contribution in [2.45, 2.75) is 25.8 Å². The van der Waals surface area contributed by atoms with Gasteiger partial charge in [-0.15, -0.1) is 0 Å². The summed E-state index contributed by atoms with van der Waals surface area (Å²) in [7, 11) is 2.11. The van der Waals surface area contributed by atoms with Crippen LogP contribution in [0, 0.1) is 0 Å². The van der Waals surface area contributed by atoms with Gasteiger partial charge in [-0.05, 0) is 38.6 Å². The van der Waals surface area contributed by atoms with Crippen LogP contribution in [0.2, 0.25) is 0 Å². The minimum atomic E-state index is -0.00995. The Morgan fingerprint density at radius 3 is 3.00 bits per heavy atom. The minimum absolute atomic E-state index is 0.00995. The fourth-order valence-corrected chi connectivity index (χ4v) is 2.64. The van der Waals surface area contributed by atoms with Crippen molar-refractivity contribution in [2.24, 2.45) is 5.84 Å². The van der Waals surface area contributed by atoms with E-state index in [1.807, 2.05) is 4.90 Å². The lowest BCUT2D eigenvalue weighted by Crippen LogP contribution is -2.43. The number of anilines is 1. The molecule has 0 saturated carbocycles. The van der Waals surface area contributed by atoms with Gasteiger partial charge in [-0.2, -0.15) is 0 Å².